The number of nitrogens with zero attached hydrogens (tertiary/aromatic N) is 3. The Balaban J connectivity index is 1.37. The van der Waals surface area contributed by atoms with Crippen molar-refractivity contribution in [3.63, 3.8) is 0 Å². The number of rotatable bonds is 7. The number of fused-ring (bicyclic) bond motifs is 6. The SMILES string of the molecule is CCC1=CC2CN(C1)Cc1c([nH]c3ccccc13)C(C(=O)OC)(c1cc3c(cc1OC)N(C)[C@@H]1C(O)(C(=O)OC)C(OC(C)=O)[C@@]4(CC)C=CCN5CC[C@@]31[C@H]54)C2. The third-order valence-electron chi connectivity index (χ3n) is 14.8. The van der Waals surface area contributed by atoms with Crippen LogP contribution >= 0.6 is 0 Å². The number of para-hydroxylation sites is 1. The number of aromatic nitrogens is 1. The number of likely N-dealkylation sites (N-methyl/N-ethyl adjacent to an activating group) is 1. The van der Waals surface area contributed by atoms with Crippen LogP contribution in [0.4, 0.5) is 5.69 Å². The van der Waals surface area contributed by atoms with Gasteiger partial charge in [-0.05, 0) is 61.4 Å². The normalized spacial score (nSPS) is 34.9. The molecule has 6 aliphatic rings. The number of H-pyrrole nitrogens is 1. The Labute approximate surface area is 333 Å². The van der Waals surface area contributed by atoms with E-state index in [1.807, 2.05) is 37.1 Å². The standard InChI is InChI=1S/C45H54N4O8/c1-8-27-19-28-22-44(40(51)55-6,36-30(25-48(23-27)24-28)29-13-10-11-14-33(29)46-36)32-20-31-34(21-35(32)54-5)47(4)38-43(31)16-18-49-17-12-15-42(9-2,37(43)49)39(57-26(3)50)45(38,53)41(52)56-7/h10-15,19-21,28,37-39,46,53H,8-9,16-18,22-25H2,1-7H3/t28?,37-,38+,39?,42+,43+,44?,45?/m1/s1. The minimum atomic E-state index is -2.27. The van der Waals surface area contributed by atoms with Gasteiger partial charge in [-0.15, -0.1) is 0 Å². The molecule has 2 bridgehead atoms. The van der Waals surface area contributed by atoms with Crippen LogP contribution in [0.3, 0.4) is 0 Å². The summed E-state index contributed by atoms with van der Waals surface area (Å²) in [5, 5.41) is 14.4. The molecule has 12 heteroatoms. The van der Waals surface area contributed by atoms with Gasteiger partial charge in [0.15, 0.2) is 6.10 Å². The lowest BCUT2D eigenvalue weighted by molar-refractivity contribution is -0.228. The van der Waals surface area contributed by atoms with E-state index >= 15 is 4.79 Å². The first-order valence-corrected chi connectivity index (χ1v) is 20.3. The Hall–Kier alpha value is -4.65. The van der Waals surface area contributed by atoms with Gasteiger partial charge >= 0.3 is 17.9 Å². The fraction of sp³-hybridized carbons (Fsp3) is 0.533. The zero-order valence-electron chi connectivity index (χ0n) is 34.0. The van der Waals surface area contributed by atoms with E-state index in [1.165, 1.54) is 26.7 Å². The highest BCUT2D eigenvalue weighted by Gasteiger charge is 2.80. The van der Waals surface area contributed by atoms with Crippen LogP contribution in [-0.4, -0.2) is 116 Å². The molecule has 1 saturated carbocycles. The van der Waals surface area contributed by atoms with Gasteiger partial charge in [0, 0.05) is 90.9 Å². The topological polar surface area (TPSA) is 134 Å². The number of esters is 3. The quantitative estimate of drug-likeness (QED) is 0.196. The van der Waals surface area contributed by atoms with E-state index in [1.54, 1.807) is 7.11 Å². The van der Waals surface area contributed by atoms with Gasteiger partial charge < -0.3 is 33.9 Å². The molecule has 302 valence electrons. The Morgan fingerprint density at radius 3 is 2.47 bits per heavy atom. The van der Waals surface area contributed by atoms with Crippen LogP contribution < -0.4 is 9.64 Å². The van der Waals surface area contributed by atoms with Crippen LogP contribution in [0, 0.1) is 11.3 Å². The number of anilines is 1. The van der Waals surface area contributed by atoms with Gasteiger partial charge in [0.2, 0.25) is 5.60 Å². The van der Waals surface area contributed by atoms with Crippen molar-refractivity contribution >= 4 is 34.5 Å². The predicted molar refractivity (Wildman–Crippen MR) is 214 cm³/mol. The van der Waals surface area contributed by atoms with E-state index in [2.05, 4.69) is 58.1 Å². The van der Waals surface area contributed by atoms with Gasteiger partial charge in [-0.1, -0.05) is 55.8 Å². The van der Waals surface area contributed by atoms with Gasteiger partial charge in [-0.2, -0.15) is 0 Å². The largest absolute Gasteiger partial charge is 0.496 e. The molecule has 5 aliphatic heterocycles. The minimum Gasteiger partial charge on any atom is -0.496 e. The van der Waals surface area contributed by atoms with Crippen molar-refractivity contribution < 1.29 is 38.4 Å². The lowest BCUT2D eigenvalue weighted by Gasteiger charge is -2.63. The highest BCUT2D eigenvalue weighted by molar-refractivity contribution is 5.95. The minimum absolute atomic E-state index is 0.0284. The van der Waals surface area contributed by atoms with Crippen LogP contribution in [0.25, 0.3) is 10.9 Å². The number of carbonyl (C=O) groups is 3. The van der Waals surface area contributed by atoms with Crippen LogP contribution in [0.2, 0.25) is 0 Å². The van der Waals surface area contributed by atoms with Gasteiger partial charge in [-0.25, -0.2) is 4.79 Å². The monoisotopic (exact) mass is 778 g/mol. The first kappa shape index (κ1) is 37.9. The zero-order valence-corrected chi connectivity index (χ0v) is 34.0. The van der Waals surface area contributed by atoms with Crippen LogP contribution in [0.15, 0.2) is 60.2 Å². The predicted octanol–water partition coefficient (Wildman–Crippen LogP) is 4.75. The molecular weight excluding hydrogens is 725 g/mol. The first-order valence-electron chi connectivity index (χ1n) is 20.3. The summed E-state index contributed by atoms with van der Waals surface area (Å²) in [5.74, 6) is -1.31. The first-order chi connectivity index (χ1) is 27.4. The van der Waals surface area contributed by atoms with Crippen LogP contribution in [-0.2, 0) is 46.0 Å². The lowest BCUT2D eigenvalue weighted by atomic mass is 9.47. The fourth-order valence-corrected chi connectivity index (χ4v) is 12.8. The third kappa shape index (κ3) is 4.80. The summed E-state index contributed by atoms with van der Waals surface area (Å²) in [5.41, 5.74) is 1.05. The van der Waals surface area contributed by atoms with Gasteiger partial charge in [0.25, 0.3) is 0 Å². The van der Waals surface area contributed by atoms with Gasteiger partial charge in [-0.3, -0.25) is 19.4 Å². The molecule has 0 radical (unpaired) electrons. The molecular formula is C45H54N4O8. The summed E-state index contributed by atoms with van der Waals surface area (Å²) in [7, 11) is 6.22. The molecule has 3 aromatic rings. The summed E-state index contributed by atoms with van der Waals surface area (Å²) in [6, 6.07) is 11.2. The summed E-state index contributed by atoms with van der Waals surface area (Å²) in [4.78, 5) is 53.1. The molecule has 9 atom stereocenters. The number of nitrogens with one attached hydrogen (secondary N) is 1. The van der Waals surface area contributed by atoms with E-state index in [9.17, 15) is 14.7 Å². The average Bonchev–Trinajstić information content (AvgIpc) is 3.87. The second-order valence-electron chi connectivity index (χ2n) is 17.2. The maximum atomic E-state index is 15.2. The zero-order chi connectivity index (χ0) is 40.2. The van der Waals surface area contributed by atoms with Crippen LogP contribution in [0.1, 0.15) is 68.8 Å². The number of aromatic amines is 1. The summed E-state index contributed by atoms with van der Waals surface area (Å²) in [6.45, 7) is 9.19. The number of ether oxygens (including phenoxy) is 4. The summed E-state index contributed by atoms with van der Waals surface area (Å²) < 4.78 is 23.9. The van der Waals surface area contributed by atoms with E-state index in [0.717, 1.165) is 52.9 Å². The molecule has 1 spiro atoms. The molecule has 6 heterocycles. The molecule has 1 aromatic heterocycles. The Kier molecular flexibility index (Phi) is 8.77. The van der Waals surface area contributed by atoms with Gasteiger partial charge in [0.1, 0.15) is 11.2 Å². The number of aliphatic hydroxyl groups is 1. The average molecular weight is 779 g/mol. The number of hydrogen-bond donors (Lipinski definition) is 2. The number of carbonyl (C=O) groups excluding carboxylic acids is 3. The molecule has 2 N–H and O–H groups in total. The number of benzene rings is 2. The third-order valence-corrected chi connectivity index (χ3v) is 14.8. The van der Waals surface area contributed by atoms with Gasteiger partial charge in [0.05, 0.1) is 27.4 Å². The van der Waals surface area contributed by atoms with Crippen molar-refractivity contribution in [2.45, 2.75) is 87.6 Å². The Bertz CT molecular complexity index is 2250. The smallest absolute Gasteiger partial charge is 0.344 e. The molecule has 2 aromatic carbocycles. The molecule has 12 nitrogen and oxygen atoms in total. The summed E-state index contributed by atoms with van der Waals surface area (Å²) in [6.07, 6.45) is 7.67. The lowest BCUT2D eigenvalue weighted by Crippen LogP contribution is -2.81. The maximum absolute atomic E-state index is 15.2. The molecule has 9 rings (SSSR count). The highest BCUT2D eigenvalue weighted by Crippen LogP contribution is 2.68. The molecule has 0 amide bonds. The second-order valence-corrected chi connectivity index (χ2v) is 17.2. The van der Waals surface area contributed by atoms with Crippen molar-refractivity contribution in [2.75, 3.05) is 59.5 Å². The van der Waals surface area contributed by atoms with Crippen molar-refractivity contribution in [1.82, 2.24) is 14.8 Å². The molecule has 2 fully saturated rings. The van der Waals surface area contributed by atoms with E-state index in [-0.39, 0.29) is 17.9 Å². The van der Waals surface area contributed by atoms with E-state index in [4.69, 9.17) is 18.9 Å². The number of hydrogen-bond acceptors (Lipinski definition) is 11. The molecule has 1 saturated heterocycles. The highest BCUT2D eigenvalue weighted by atomic mass is 16.6. The Morgan fingerprint density at radius 1 is 1.00 bits per heavy atom. The molecule has 5 unspecified atom stereocenters. The maximum Gasteiger partial charge on any atom is 0.344 e. The fourth-order valence-electron chi connectivity index (χ4n) is 12.8. The molecule has 57 heavy (non-hydrogen) atoms. The Morgan fingerprint density at radius 2 is 1.77 bits per heavy atom. The van der Waals surface area contributed by atoms with E-state index in [0.29, 0.717) is 50.2 Å². The van der Waals surface area contributed by atoms with Crippen molar-refractivity contribution in [2.24, 2.45) is 11.3 Å². The van der Waals surface area contributed by atoms with Crippen molar-refractivity contribution in [1.29, 1.82) is 0 Å². The summed E-state index contributed by atoms with van der Waals surface area (Å²) >= 11 is 0. The van der Waals surface area contributed by atoms with Crippen molar-refractivity contribution in [3.05, 3.63) is 82.6 Å². The van der Waals surface area contributed by atoms with Crippen molar-refractivity contribution in [3.8, 4) is 5.75 Å². The van der Waals surface area contributed by atoms with Crippen LogP contribution in [0.5, 0.6) is 5.75 Å². The second kappa shape index (κ2) is 13.2. The van der Waals surface area contributed by atoms with E-state index < -0.39 is 45.9 Å². The number of methoxy groups -OCH3 is 3. The molecule has 1 aliphatic carbocycles.